The average Bonchev–Trinajstić information content (AvgIpc) is 3.44. The van der Waals surface area contributed by atoms with Crippen molar-refractivity contribution in [3.05, 3.63) is 79.9 Å². The third-order valence-electron chi connectivity index (χ3n) is 10.2. The summed E-state index contributed by atoms with van der Waals surface area (Å²) < 4.78 is 0.432. The standard InChI is InChI=1S/2C17H21.2ClH.Zr/c2*1-12-10-16-13(2)8-9-15(17(16)11-12)14-6-4-3-5-7-14;;;/h2*8-11,14H,3-7H2,1-2H3;2*1H;/q;;;;+2/p-2. The van der Waals surface area contributed by atoms with Gasteiger partial charge in [-0.3, -0.25) is 0 Å². The normalized spacial score (nSPS) is 24.6. The Kier molecular flexibility index (Phi) is 7.48. The number of allylic oxidation sites excluding steroid dienone is 2. The molecule has 4 aliphatic carbocycles. The van der Waals surface area contributed by atoms with E-state index in [4.69, 9.17) is 17.0 Å². The van der Waals surface area contributed by atoms with E-state index >= 15 is 0 Å². The molecule has 0 aliphatic heterocycles. The van der Waals surface area contributed by atoms with Crippen molar-refractivity contribution in [2.24, 2.45) is 0 Å². The Morgan fingerprint density at radius 1 is 0.568 bits per heavy atom. The van der Waals surface area contributed by atoms with Gasteiger partial charge >= 0.3 is 238 Å². The van der Waals surface area contributed by atoms with Crippen molar-refractivity contribution in [3.8, 4) is 0 Å². The molecule has 2 atom stereocenters. The molecule has 2 aromatic carbocycles. The van der Waals surface area contributed by atoms with Gasteiger partial charge in [-0.1, -0.05) is 0 Å². The van der Waals surface area contributed by atoms with E-state index in [-0.39, 0.29) is 7.25 Å². The Hall–Kier alpha value is -0.617. The van der Waals surface area contributed by atoms with Crippen LogP contribution in [-0.4, -0.2) is 0 Å². The van der Waals surface area contributed by atoms with Crippen LogP contribution in [0.15, 0.2) is 35.4 Å². The van der Waals surface area contributed by atoms with Gasteiger partial charge in [-0.25, -0.2) is 0 Å². The summed E-state index contributed by atoms with van der Waals surface area (Å²) in [5.74, 6) is 1.38. The zero-order valence-corrected chi connectivity index (χ0v) is 27.1. The quantitative estimate of drug-likeness (QED) is 0.322. The summed E-state index contributed by atoms with van der Waals surface area (Å²) in [7, 11) is 15.8. The molecule has 2 fully saturated rings. The van der Waals surface area contributed by atoms with Crippen molar-refractivity contribution in [1.29, 1.82) is 0 Å². The van der Waals surface area contributed by atoms with Crippen LogP contribution in [0.5, 0.6) is 0 Å². The van der Waals surface area contributed by atoms with Crippen LogP contribution < -0.4 is 0 Å². The molecular formula is C34H42Cl2Zr. The Labute approximate surface area is 236 Å². The number of rotatable bonds is 4. The van der Waals surface area contributed by atoms with Crippen LogP contribution in [0.25, 0.3) is 12.2 Å². The molecule has 0 nitrogen and oxygen atoms in total. The van der Waals surface area contributed by atoms with Crippen LogP contribution in [0.2, 0.25) is 0 Å². The maximum absolute atomic E-state index is 7.91. The van der Waals surface area contributed by atoms with E-state index < -0.39 is 17.9 Å². The summed E-state index contributed by atoms with van der Waals surface area (Å²) in [4.78, 5) is 0. The molecule has 37 heavy (non-hydrogen) atoms. The number of hydrogen-bond acceptors (Lipinski definition) is 0. The molecule has 196 valence electrons. The van der Waals surface area contributed by atoms with Gasteiger partial charge in [-0.05, 0) is 0 Å². The van der Waals surface area contributed by atoms with Crippen molar-refractivity contribution >= 4 is 29.2 Å². The second-order valence-corrected chi connectivity index (χ2v) is 27.3. The SMILES string of the molecule is CC1=Cc2c(C3CCCCC3)ccc(C)c2[CH]1[Zr]([Cl])([Cl])[CH]1C(C)=Cc2c(C3CCCCC3)ccc(C)c21. The van der Waals surface area contributed by atoms with Crippen LogP contribution >= 0.6 is 17.0 Å². The van der Waals surface area contributed by atoms with E-state index in [2.05, 4.69) is 64.1 Å². The van der Waals surface area contributed by atoms with Gasteiger partial charge in [0.25, 0.3) is 0 Å². The number of benzene rings is 2. The van der Waals surface area contributed by atoms with E-state index in [1.165, 1.54) is 109 Å². The molecule has 2 unspecified atom stereocenters. The molecule has 0 spiro atoms. The topological polar surface area (TPSA) is 0 Å². The maximum atomic E-state index is 7.91. The van der Waals surface area contributed by atoms with Crippen molar-refractivity contribution in [1.82, 2.24) is 0 Å². The molecule has 4 aliphatic rings. The first-order valence-corrected chi connectivity index (χ1v) is 24.0. The van der Waals surface area contributed by atoms with Gasteiger partial charge in [0.2, 0.25) is 0 Å². The molecule has 3 heteroatoms. The molecule has 0 amide bonds. The van der Waals surface area contributed by atoms with Crippen LogP contribution in [0, 0.1) is 13.8 Å². The van der Waals surface area contributed by atoms with E-state index in [0.717, 1.165) is 0 Å². The minimum atomic E-state index is -3.85. The average molecular weight is 613 g/mol. The summed E-state index contributed by atoms with van der Waals surface area (Å²) in [6, 6.07) is 9.59. The second-order valence-electron chi connectivity index (χ2n) is 12.6. The van der Waals surface area contributed by atoms with E-state index in [9.17, 15) is 0 Å². The third-order valence-corrected chi connectivity index (χ3v) is 22.8. The molecule has 0 N–H and O–H groups in total. The molecule has 0 radical (unpaired) electrons. The van der Waals surface area contributed by atoms with Gasteiger partial charge in [0.15, 0.2) is 0 Å². The fraction of sp³-hybridized carbons (Fsp3) is 0.529. The van der Waals surface area contributed by atoms with Gasteiger partial charge in [0, 0.05) is 0 Å². The van der Waals surface area contributed by atoms with Gasteiger partial charge in [0.1, 0.15) is 0 Å². The minimum absolute atomic E-state index is 0.216. The zero-order chi connectivity index (χ0) is 25.9. The van der Waals surface area contributed by atoms with E-state index in [0.29, 0.717) is 11.8 Å². The molecule has 2 saturated carbocycles. The predicted molar refractivity (Wildman–Crippen MR) is 158 cm³/mol. The van der Waals surface area contributed by atoms with Crippen molar-refractivity contribution in [2.75, 3.05) is 0 Å². The Morgan fingerprint density at radius 3 is 1.32 bits per heavy atom. The predicted octanol–water partition coefficient (Wildman–Crippen LogP) is 11.5. The van der Waals surface area contributed by atoms with E-state index in [1.54, 1.807) is 11.1 Å². The number of aryl methyl sites for hydroxylation is 2. The Balaban J connectivity index is 1.44. The van der Waals surface area contributed by atoms with Crippen LogP contribution in [0.4, 0.5) is 0 Å². The molecule has 0 saturated heterocycles. The Bertz CT molecular complexity index is 1170. The van der Waals surface area contributed by atoms with Crippen molar-refractivity contribution in [3.63, 3.8) is 0 Å². The first-order valence-electron chi connectivity index (χ1n) is 14.8. The van der Waals surface area contributed by atoms with Gasteiger partial charge in [0.05, 0.1) is 0 Å². The van der Waals surface area contributed by atoms with E-state index in [1.807, 2.05) is 0 Å². The summed E-state index contributed by atoms with van der Waals surface area (Å²) >= 11 is -3.85. The summed E-state index contributed by atoms with van der Waals surface area (Å²) in [5.41, 5.74) is 14.6. The fourth-order valence-electron chi connectivity index (χ4n) is 8.39. The Morgan fingerprint density at radius 2 is 0.946 bits per heavy atom. The monoisotopic (exact) mass is 610 g/mol. The van der Waals surface area contributed by atoms with Gasteiger partial charge in [-0.2, -0.15) is 0 Å². The number of halogens is 2. The first kappa shape index (κ1) is 26.6. The van der Waals surface area contributed by atoms with Crippen LogP contribution in [0.3, 0.4) is 0 Å². The third kappa shape index (κ3) is 4.52. The van der Waals surface area contributed by atoms with Crippen molar-refractivity contribution in [2.45, 2.75) is 111 Å². The molecule has 2 aromatic rings. The molecule has 0 heterocycles. The van der Waals surface area contributed by atoms with Gasteiger partial charge in [-0.15, -0.1) is 0 Å². The molecule has 0 bridgehead atoms. The van der Waals surface area contributed by atoms with Crippen LogP contribution in [0.1, 0.15) is 142 Å². The summed E-state index contributed by atoms with van der Waals surface area (Å²) in [5, 5.41) is 0. The zero-order valence-electron chi connectivity index (χ0n) is 23.1. The first-order chi connectivity index (χ1) is 17.8. The van der Waals surface area contributed by atoms with Crippen molar-refractivity contribution < 1.29 is 17.9 Å². The number of fused-ring (bicyclic) bond motifs is 2. The number of hydrogen-bond donors (Lipinski definition) is 0. The summed E-state index contributed by atoms with van der Waals surface area (Å²) in [6.45, 7) is 9.20. The molecular weight excluding hydrogens is 571 g/mol. The van der Waals surface area contributed by atoms with Crippen LogP contribution in [-0.2, 0) is 17.9 Å². The molecule has 0 aromatic heterocycles. The molecule has 6 rings (SSSR count). The summed E-state index contributed by atoms with van der Waals surface area (Å²) in [6.07, 6.45) is 18.5. The second kappa shape index (κ2) is 10.4. The fourth-order valence-corrected chi connectivity index (χ4v) is 23.0. The van der Waals surface area contributed by atoms with Gasteiger partial charge < -0.3 is 0 Å².